The molecule has 0 bridgehead atoms. The quantitative estimate of drug-likeness (QED) is 0.828. The van der Waals surface area contributed by atoms with E-state index in [9.17, 15) is 4.79 Å². The summed E-state index contributed by atoms with van der Waals surface area (Å²) in [6.45, 7) is 3.96. The Morgan fingerprint density at radius 1 is 1.43 bits per heavy atom. The Hall–Kier alpha value is -1.83. The lowest BCUT2D eigenvalue weighted by Gasteiger charge is -2.22. The molecule has 1 aromatic rings. The highest BCUT2D eigenvalue weighted by atomic mass is 16.5. The van der Waals surface area contributed by atoms with Crippen molar-refractivity contribution in [3.8, 4) is 11.8 Å². The first-order valence-corrected chi connectivity index (χ1v) is 7.27. The van der Waals surface area contributed by atoms with Gasteiger partial charge in [-0.3, -0.25) is 4.79 Å². The molecule has 0 unspecified atom stereocenters. The summed E-state index contributed by atoms with van der Waals surface area (Å²) in [7, 11) is 0. The Bertz CT molecular complexity index is 551. The van der Waals surface area contributed by atoms with E-state index in [2.05, 4.69) is 17.2 Å². The van der Waals surface area contributed by atoms with Crippen LogP contribution in [-0.2, 0) is 4.74 Å². The van der Waals surface area contributed by atoms with Gasteiger partial charge in [-0.2, -0.15) is 0 Å². The van der Waals surface area contributed by atoms with E-state index in [0.717, 1.165) is 31.6 Å². The molecule has 0 spiro atoms. The molecule has 2 N–H and O–H groups in total. The van der Waals surface area contributed by atoms with E-state index in [0.29, 0.717) is 23.6 Å². The standard InChI is InChI=1S/C17H21NO3/c1-13-4-5-16(15(11-13)3-2-8-19)17(20)18-12-14-6-9-21-10-7-14/h4-5,11,14,19H,6-10,12H2,1H3,(H,18,20). The second-order valence-corrected chi connectivity index (χ2v) is 5.27. The van der Waals surface area contributed by atoms with E-state index in [1.54, 1.807) is 6.07 Å². The number of hydrogen-bond acceptors (Lipinski definition) is 3. The summed E-state index contributed by atoms with van der Waals surface area (Å²) in [5.41, 5.74) is 2.26. The van der Waals surface area contributed by atoms with Crippen LogP contribution in [0.3, 0.4) is 0 Å². The van der Waals surface area contributed by atoms with Crippen molar-refractivity contribution in [2.45, 2.75) is 19.8 Å². The zero-order chi connectivity index (χ0) is 15.1. The molecule has 1 aliphatic heterocycles. The summed E-state index contributed by atoms with van der Waals surface area (Å²) >= 11 is 0. The molecule has 0 aromatic heterocycles. The number of benzene rings is 1. The molecule has 1 saturated heterocycles. The second-order valence-electron chi connectivity index (χ2n) is 5.27. The maximum absolute atomic E-state index is 12.3. The van der Waals surface area contributed by atoms with Crippen LogP contribution in [0.4, 0.5) is 0 Å². The Labute approximate surface area is 125 Å². The maximum atomic E-state index is 12.3. The molecule has 112 valence electrons. The highest BCUT2D eigenvalue weighted by Gasteiger charge is 2.16. The van der Waals surface area contributed by atoms with E-state index < -0.39 is 0 Å². The normalized spacial score (nSPS) is 15.1. The van der Waals surface area contributed by atoms with Crippen LogP contribution >= 0.6 is 0 Å². The van der Waals surface area contributed by atoms with Crippen molar-refractivity contribution < 1.29 is 14.6 Å². The highest BCUT2D eigenvalue weighted by Crippen LogP contribution is 2.15. The van der Waals surface area contributed by atoms with Crippen molar-refractivity contribution in [1.82, 2.24) is 5.32 Å². The topological polar surface area (TPSA) is 58.6 Å². The Kier molecular flexibility index (Phi) is 5.79. The number of rotatable bonds is 3. The molecule has 1 aliphatic rings. The van der Waals surface area contributed by atoms with E-state index in [1.165, 1.54) is 0 Å². The zero-order valence-corrected chi connectivity index (χ0v) is 12.3. The number of hydrogen-bond donors (Lipinski definition) is 2. The number of nitrogens with one attached hydrogen (secondary N) is 1. The minimum absolute atomic E-state index is 0.108. The summed E-state index contributed by atoms with van der Waals surface area (Å²) in [5, 5.41) is 11.8. The number of ether oxygens (including phenoxy) is 1. The van der Waals surface area contributed by atoms with E-state index in [4.69, 9.17) is 9.84 Å². The fraction of sp³-hybridized carbons (Fsp3) is 0.471. The van der Waals surface area contributed by atoms with E-state index in [-0.39, 0.29) is 12.5 Å². The zero-order valence-electron chi connectivity index (χ0n) is 12.3. The predicted molar refractivity (Wildman–Crippen MR) is 81.0 cm³/mol. The summed E-state index contributed by atoms with van der Waals surface area (Å²) in [5.74, 6) is 5.82. The van der Waals surface area contributed by atoms with Gasteiger partial charge >= 0.3 is 0 Å². The SMILES string of the molecule is Cc1ccc(C(=O)NCC2CCOCC2)c(C#CCO)c1. The smallest absolute Gasteiger partial charge is 0.252 e. The predicted octanol–water partition coefficient (Wildman–Crippen LogP) is 1.50. The molecule has 0 atom stereocenters. The van der Waals surface area contributed by atoms with E-state index >= 15 is 0 Å². The average Bonchev–Trinajstić information content (AvgIpc) is 2.51. The number of aliphatic hydroxyl groups excluding tert-OH is 1. The van der Waals surface area contributed by atoms with Crippen molar-refractivity contribution in [1.29, 1.82) is 0 Å². The second kappa shape index (κ2) is 7.82. The molecule has 1 fully saturated rings. The first kappa shape index (κ1) is 15.6. The van der Waals surface area contributed by atoms with Crippen LogP contribution in [0, 0.1) is 24.7 Å². The van der Waals surface area contributed by atoms with E-state index in [1.807, 2.05) is 19.1 Å². The number of carbonyl (C=O) groups excluding carboxylic acids is 1. The molecule has 21 heavy (non-hydrogen) atoms. The van der Waals surface area contributed by atoms with Gasteiger partial charge in [0.25, 0.3) is 5.91 Å². The lowest BCUT2D eigenvalue weighted by atomic mass is 9.99. The Balaban J connectivity index is 2.03. The fourth-order valence-corrected chi connectivity index (χ4v) is 2.38. The molecule has 1 amide bonds. The van der Waals surface area contributed by atoms with Gasteiger partial charge in [0, 0.05) is 25.3 Å². The molecule has 2 rings (SSSR count). The van der Waals surface area contributed by atoms with Crippen LogP contribution in [0.25, 0.3) is 0 Å². The van der Waals surface area contributed by atoms with Crippen molar-refractivity contribution in [2.24, 2.45) is 5.92 Å². The lowest BCUT2D eigenvalue weighted by molar-refractivity contribution is 0.0642. The van der Waals surface area contributed by atoms with Crippen molar-refractivity contribution in [2.75, 3.05) is 26.4 Å². The maximum Gasteiger partial charge on any atom is 0.252 e. The Morgan fingerprint density at radius 3 is 2.90 bits per heavy atom. The molecule has 4 heteroatoms. The minimum Gasteiger partial charge on any atom is -0.384 e. The molecule has 1 heterocycles. The minimum atomic E-state index is -0.211. The van der Waals surface area contributed by atoms with Gasteiger partial charge in [0.05, 0.1) is 5.56 Å². The Morgan fingerprint density at radius 2 is 2.19 bits per heavy atom. The third-order valence-corrected chi connectivity index (χ3v) is 3.61. The first-order chi connectivity index (χ1) is 10.2. The first-order valence-electron chi connectivity index (χ1n) is 7.27. The molecule has 1 aromatic carbocycles. The monoisotopic (exact) mass is 287 g/mol. The van der Waals surface area contributed by atoms with Gasteiger partial charge in [0.1, 0.15) is 6.61 Å². The molecular weight excluding hydrogens is 266 g/mol. The molecule has 4 nitrogen and oxygen atoms in total. The van der Waals surface area contributed by atoms with Crippen LogP contribution in [0.1, 0.15) is 34.3 Å². The number of aryl methyl sites for hydroxylation is 1. The third-order valence-electron chi connectivity index (χ3n) is 3.61. The molecule has 0 aliphatic carbocycles. The average molecular weight is 287 g/mol. The lowest BCUT2D eigenvalue weighted by Crippen LogP contribution is -2.32. The van der Waals surface area contributed by atoms with Crippen LogP contribution in [0.15, 0.2) is 18.2 Å². The van der Waals surface area contributed by atoms with Crippen LogP contribution in [-0.4, -0.2) is 37.4 Å². The van der Waals surface area contributed by atoms with Crippen LogP contribution in [0.2, 0.25) is 0 Å². The van der Waals surface area contributed by atoms with Crippen molar-refractivity contribution >= 4 is 5.91 Å². The third kappa shape index (κ3) is 4.59. The van der Waals surface area contributed by atoms with Gasteiger partial charge in [0.15, 0.2) is 0 Å². The van der Waals surface area contributed by atoms with Gasteiger partial charge in [-0.05, 0) is 43.4 Å². The number of aliphatic hydroxyl groups is 1. The van der Waals surface area contributed by atoms with Gasteiger partial charge in [-0.1, -0.05) is 17.9 Å². The number of amides is 1. The van der Waals surface area contributed by atoms with Gasteiger partial charge in [-0.15, -0.1) is 0 Å². The summed E-state index contributed by atoms with van der Waals surface area (Å²) in [4.78, 5) is 12.3. The molecular formula is C17H21NO3. The largest absolute Gasteiger partial charge is 0.384 e. The summed E-state index contributed by atoms with van der Waals surface area (Å²) in [6, 6.07) is 5.55. The van der Waals surface area contributed by atoms with Gasteiger partial charge < -0.3 is 15.2 Å². The van der Waals surface area contributed by atoms with Gasteiger partial charge in [-0.25, -0.2) is 0 Å². The number of carbonyl (C=O) groups is 1. The van der Waals surface area contributed by atoms with Crippen molar-refractivity contribution in [3.05, 3.63) is 34.9 Å². The van der Waals surface area contributed by atoms with Crippen LogP contribution < -0.4 is 5.32 Å². The molecule has 0 saturated carbocycles. The fourth-order valence-electron chi connectivity index (χ4n) is 2.38. The highest BCUT2D eigenvalue weighted by molar-refractivity contribution is 5.96. The summed E-state index contributed by atoms with van der Waals surface area (Å²) < 4.78 is 5.31. The molecule has 0 radical (unpaired) electrons. The van der Waals surface area contributed by atoms with Crippen LogP contribution in [0.5, 0.6) is 0 Å². The van der Waals surface area contributed by atoms with Crippen molar-refractivity contribution in [3.63, 3.8) is 0 Å². The van der Waals surface area contributed by atoms with Gasteiger partial charge in [0.2, 0.25) is 0 Å². The summed E-state index contributed by atoms with van der Waals surface area (Å²) in [6.07, 6.45) is 1.98.